The number of fused-ring (bicyclic) bond motifs is 3. The maximum Gasteiger partial charge on any atom is 0.354 e. The number of esters is 1. The number of rotatable bonds is 7. The standard InChI is InChI=1S/C20H22N4O6/c1-3-15-21-16(30-22-15)12-29-19(27)20-9-8-17(25)24(20)14-7-5-4-6-13(14)18(26)23(20)10-11-28-2/h4-7H,3,8-12H2,1-2H3. The van der Waals surface area contributed by atoms with Gasteiger partial charge in [0.25, 0.3) is 11.8 Å². The molecule has 0 N–H and O–H groups in total. The molecule has 30 heavy (non-hydrogen) atoms. The summed E-state index contributed by atoms with van der Waals surface area (Å²) in [5, 5.41) is 3.78. The predicted molar refractivity (Wildman–Crippen MR) is 102 cm³/mol. The van der Waals surface area contributed by atoms with Crippen LogP contribution in [-0.4, -0.2) is 58.7 Å². The van der Waals surface area contributed by atoms with Crippen LogP contribution in [0.5, 0.6) is 0 Å². The molecule has 0 radical (unpaired) electrons. The molecule has 0 spiro atoms. The van der Waals surface area contributed by atoms with Crippen LogP contribution in [0, 0.1) is 0 Å². The minimum Gasteiger partial charge on any atom is -0.452 e. The highest BCUT2D eigenvalue weighted by molar-refractivity contribution is 6.15. The van der Waals surface area contributed by atoms with Crippen molar-refractivity contribution in [3.63, 3.8) is 0 Å². The molecule has 3 heterocycles. The molecule has 1 aromatic heterocycles. The molecule has 0 saturated carbocycles. The number of carbonyl (C=O) groups excluding carboxylic acids is 3. The maximum absolute atomic E-state index is 13.4. The Balaban J connectivity index is 1.71. The topological polar surface area (TPSA) is 115 Å². The van der Waals surface area contributed by atoms with Crippen LogP contribution in [0.15, 0.2) is 28.8 Å². The molecule has 4 rings (SSSR count). The smallest absolute Gasteiger partial charge is 0.354 e. The first-order valence-electron chi connectivity index (χ1n) is 9.74. The van der Waals surface area contributed by atoms with Crippen LogP contribution in [0.2, 0.25) is 0 Å². The molecule has 1 aromatic carbocycles. The highest BCUT2D eigenvalue weighted by atomic mass is 16.6. The molecule has 10 nitrogen and oxygen atoms in total. The SMILES string of the molecule is CCc1noc(COC(=O)C23CCC(=O)N2c2ccccc2C(=O)N3CCOC)n1. The lowest BCUT2D eigenvalue weighted by atomic mass is 9.96. The van der Waals surface area contributed by atoms with Gasteiger partial charge in [0.1, 0.15) is 0 Å². The molecule has 1 unspecified atom stereocenters. The lowest BCUT2D eigenvalue weighted by Crippen LogP contribution is -2.68. The fourth-order valence-electron chi connectivity index (χ4n) is 3.97. The van der Waals surface area contributed by atoms with Gasteiger partial charge in [0.05, 0.1) is 17.9 Å². The molecule has 1 fully saturated rings. The summed E-state index contributed by atoms with van der Waals surface area (Å²) in [5.41, 5.74) is -0.812. The Bertz CT molecular complexity index is 989. The van der Waals surface area contributed by atoms with E-state index in [1.54, 1.807) is 24.3 Å². The zero-order chi connectivity index (χ0) is 21.3. The molecular formula is C20H22N4O6. The number of amides is 2. The largest absolute Gasteiger partial charge is 0.452 e. The van der Waals surface area contributed by atoms with Gasteiger partial charge in [-0.1, -0.05) is 24.2 Å². The summed E-state index contributed by atoms with van der Waals surface area (Å²) in [4.78, 5) is 46.4. The van der Waals surface area contributed by atoms with Crippen molar-refractivity contribution in [2.75, 3.05) is 25.2 Å². The predicted octanol–water partition coefficient (Wildman–Crippen LogP) is 1.30. The fourth-order valence-corrected chi connectivity index (χ4v) is 3.97. The number of methoxy groups -OCH3 is 1. The van der Waals surface area contributed by atoms with E-state index in [4.69, 9.17) is 14.0 Å². The number of hydrogen-bond acceptors (Lipinski definition) is 8. The number of carbonyl (C=O) groups is 3. The van der Waals surface area contributed by atoms with Crippen LogP contribution in [0.4, 0.5) is 5.69 Å². The second-order valence-electron chi connectivity index (χ2n) is 7.05. The van der Waals surface area contributed by atoms with E-state index in [9.17, 15) is 14.4 Å². The Hall–Kier alpha value is -3.27. The van der Waals surface area contributed by atoms with Crippen molar-refractivity contribution >= 4 is 23.5 Å². The van der Waals surface area contributed by atoms with Crippen LogP contribution in [0.3, 0.4) is 0 Å². The molecule has 2 aliphatic rings. The summed E-state index contributed by atoms with van der Waals surface area (Å²) in [6.07, 6.45) is 0.818. The molecule has 10 heteroatoms. The number of aromatic nitrogens is 2. The van der Waals surface area contributed by atoms with Gasteiger partial charge in [-0.25, -0.2) is 4.79 Å². The number of hydrogen-bond donors (Lipinski definition) is 0. The zero-order valence-electron chi connectivity index (χ0n) is 16.8. The summed E-state index contributed by atoms with van der Waals surface area (Å²) >= 11 is 0. The maximum atomic E-state index is 13.4. The second kappa shape index (κ2) is 7.86. The Kier molecular flexibility index (Phi) is 5.25. The first-order chi connectivity index (χ1) is 14.5. The normalized spacial score (nSPS) is 20.3. The van der Waals surface area contributed by atoms with Gasteiger partial charge < -0.3 is 18.9 Å². The van der Waals surface area contributed by atoms with Crippen LogP contribution < -0.4 is 4.90 Å². The van der Waals surface area contributed by atoms with Gasteiger partial charge >= 0.3 is 5.97 Å². The average molecular weight is 414 g/mol. The molecule has 0 aliphatic carbocycles. The number of ether oxygens (including phenoxy) is 2. The van der Waals surface area contributed by atoms with Crippen LogP contribution >= 0.6 is 0 Å². The van der Waals surface area contributed by atoms with Crippen molar-refractivity contribution in [3.8, 4) is 0 Å². The van der Waals surface area contributed by atoms with Gasteiger partial charge in [-0.3, -0.25) is 14.5 Å². The minimum absolute atomic E-state index is 0.112. The van der Waals surface area contributed by atoms with Crippen LogP contribution in [0.25, 0.3) is 0 Å². The number of aryl methyl sites for hydroxylation is 1. The van der Waals surface area contributed by atoms with Crippen LogP contribution in [0.1, 0.15) is 41.8 Å². The molecule has 2 amide bonds. The summed E-state index contributed by atoms with van der Waals surface area (Å²) < 4.78 is 15.7. The zero-order valence-corrected chi connectivity index (χ0v) is 16.8. The number of benzene rings is 1. The van der Waals surface area contributed by atoms with Crippen molar-refractivity contribution in [3.05, 3.63) is 41.5 Å². The molecule has 158 valence electrons. The minimum atomic E-state index is -1.57. The highest BCUT2D eigenvalue weighted by Crippen LogP contribution is 2.45. The van der Waals surface area contributed by atoms with Gasteiger partial charge in [0.2, 0.25) is 11.6 Å². The van der Waals surface area contributed by atoms with Crippen molar-refractivity contribution in [1.29, 1.82) is 0 Å². The lowest BCUT2D eigenvalue weighted by molar-refractivity contribution is -0.159. The molecule has 1 atom stereocenters. The summed E-state index contributed by atoms with van der Waals surface area (Å²) in [5.74, 6) is -0.667. The first kappa shape index (κ1) is 20.0. The van der Waals surface area contributed by atoms with E-state index in [-0.39, 0.29) is 50.3 Å². The van der Waals surface area contributed by atoms with Gasteiger partial charge in [-0.05, 0) is 12.1 Å². The van der Waals surface area contributed by atoms with Gasteiger partial charge in [0, 0.05) is 32.9 Å². The van der Waals surface area contributed by atoms with Crippen molar-refractivity contribution in [1.82, 2.24) is 15.0 Å². The summed E-state index contributed by atoms with van der Waals surface area (Å²) in [6, 6.07) is 6.75. The van der Waals surface area contributed by atoms with Crippen molar-refractivity contribution < 1.29 is 28.4 Å². The van der Waals surface area contributed by atoms with Crippen LogP contribution in [-0.2, 0) is 32.1 Å². The third kappa shape index (κ3) is 3.04. The fraction of sp³-hybridized carbons (Fsp3) is 0.450. The molecule has 1 saturated heterocycles. The van der Waals surface area contributed by atoms with E-state index in [2.05, 4.69) is 10.1 Å². The number of anilines is 1. The Morgan fingerprint density at radius 1 is 1.30 bits per heavy atom. The Morgan fingerprint density at radius 3 is 2.83 bits per heavy atom. The van der Waals surface area contributed by atoms with Crippen molar-refractivity contribution in [2.45, 2.75) is 38.5 Å². The molecule has 2 aromatic rings. The summed E-state index contributed by atoms with van der Waals surface area (Å²) in [7, 11) is 1.51. The van der Waals surface area contributed by atoms with E-state index in [1.807, 2.05) is 6.92 Å². The molecular weight excluding hydrogens is 392 g/mol. The Morgan fingerprint density at radius 2 is 2.10 bits per heavy atom. The highest BCUT2D eigenvalue weighted by Gasteiger charge is 2.61. The quantitative estimate of drug-likeness (QED) is 0.623. The first-order valence-corrected chi connectivity index (χ1v) is 9.74. The monoisotopic (exact) mass is 414 g/mol. The lowest BCUT2D eigenvalue weighted by Gasteiger charge is -2.48. The van der Waals surface area contributed by atoms with Crippen molar-refractivity contribution in [2.24, 2.45) is 0 Å². The van der Waals surface area contributed by atoms with E-state index >= 15 is 0 Å². The second-order valence-corrected chi connectivity index (χ2v) is 7.05. The van der Waals surface area contributed by atoms with Gasteiger partial charge in [-0.15, -0.1) is 0 Å². The average Bonchev–Trinajstić information content (AvgIpc) is 3.37. The van der Waals surface area contributed by atoms with Gasteiger partial charge in [0.15, 0.2) is 12.4 Å². The third-order valence-corrected chi connectivity index (χ3v) is 5.37. The van der Waals surface area contributed by atoms with E-state index in [0.29, 0.717) is 23.5 Å². The Labute approximate surface area is 172 Å². The van der Waals surface area contributed by atoms with E-state index in [0.717, 1.165) is 0 Å². The van der Waals surface area contributed by atoms with Gasteiger partial charge in [-0.2, -0.15) is 4.98 Å². The number of para-hydroxylation sites is 1. The summed E-state index contributed by atoms with van der Waals surface area (Å²) in [6.45, 7) is 1.96. The number of nitrogens with zero attached hydrogens (tertiary/aromatic N) is 4. The molecule has 0 bridgehead atoms. The van der Waals surface area contributed by atoms with E-state index < -0.39 is 11.6 Å². The molecule has 2 aliphatic heterocycles. The van der Waals surface area contributed by atoms with E-state index in [1.165, 1.54) is 16.9 Å². The third-order valence-electron chi connectivity index (χ3n) is 5.37.